The molecular formula is C26H26N4O2S. The predicted molar refractivity (Wildman–Crippen MR) is 133 cm³/mol. The Balaban J connectivity index is 1.53. The summed E-state index contributed by atoms with van der Waals surface area (Å²) in [5.74, 6) is 0.837. The van der Waals surface area contributed by atoms with Crippen LogP contribution in [0, 0.1) is 13.8 Å². The summed E-state index contributed by atoms with van der Waals surface area (Å²) in [7, 11) is 0. The van der Waals surface area contributed by atoms with E-state index in [1.54, 1.807) is 12.1 Å². The van der Waals surface area contributed by atoms with Crippen molar-refractivity contribution in [2.75, 3.05) is 11.1 Å². The minimum absolute atomic E-state index is 0.101. The molecule has 0 saturated heterocycles. The normalized spacial score (nSPS) is 10.8. The van der Waals surface area contributed by atoms with Gasteiger partial charge in [-0.25, -0.2) is 0 Å². The Labute approximate surface area is 197 Å². The lowest BCUT2D eigenvalue weighted by atomic mass is 10.1. The highest BCUT2D eigenvalue weighted by Gasteiger charge is 2.18. The van der Waals surface area contributed by atoms with Crippen molar-refractivity contribution in [1.82, 2.24) is 14.8 Å². The molecule has 0 radical (unpaired) electrons. The van der Waals surface area contributed by atoms with Crippen LogP contribution in [0.1, 0.15) is 16.7 Å². The van der Waals surface area contributed by atoms with Crippen LogP contribution >= 0.6 is 11.8 Å². The van der Waals surface area contributed by atoms with Crippen molar-refractivity contribution < 1.29 is 9.90 Å². The van der Waals surface area contributed by atoms with Gasteiger partial charge in [-0.05, 0) is 55.2 Å². The molecule has 4 aromatic rings. The molecule has 1 aromatic heterocycles. The summed E-state index contributed by atoms with van der Waals surface area (Å²) in [4.78, 5) is 12.6. The Morgan fingerprint density at radius 1 is 0.970 bits per heavy atom. The first-order valence-electron chi connectivity index (χ1n) is 10.8. The minimum Gasteiger partial charge on any atom is -0.507 e. The van der Waals surface area contributed by atoms with Crippen LogP contribution in [-0.2, 0) is 17.8 Å². The molecule has 0 saturated carbocycles. The summed E-state index contributed by atoms with van der Waals surface area (Å²) in [5.41, 5.74) is 4.82. The molecule has 0 aliphatic rings. The number of thioether (sulfide) groups is 1. The zero-order chi connectivity index (χ0) is 23.2. The number of aromatic hydroxyl groups is 1. The summed E-state index contributed by atoms with van der Waals surface area (Å²) < 4.78 is 1.97. The molecule has 0 aliphatic carbocycles. The van der Waals surface area contributed by atoms with E-state index in [1.165, 1.54) is 17.3 Å². The zero-order valence-corrected chi connectivity index (χ0v) is 19.5. The number of hydrogen-bond donors (Lipinski definition) is 2. The number of nitrogens with zero attached hydrogens (tertiary/aromatic N) is 3. The fourth-order valence-corrected chi connectivity index (χ4v) is 4.31. The van der Waals surface area contributed by atoms with E-state index < -0.39 is 0 Å². The summed E-state index contributed by atoms with van der Waals surface area (Å²) in [6.45, 7) is 4.65. The number of aryl methyl sites for hydroxylation is 2. The second kappa shape index (κ2) is 10.4. The summed E-state index contributed by atoms with van der Waals surface area (Å²) >= 11 is 1.34. The van der Waals surface area contributed by atoms with Crippen molar-refractivity contribution in [1.29, 1.82) is 0 Å². The number of benzene rings is 3. The Kier molecular flexibility index (Phi) is 7.10. The molecule has 33 heavy (non-hydrogen) atoms. The third kappa shape index (κ3) is 5.43. The first kappa shape index (κ1) is 22.6. The largest absolute Gasteiger partial charge is 0.507 e. The van der Waals surface area contributed by atoms with Gasteiger partial charge in [0, 0.05) is 12.2 Å². The lowest BCUT2D eigenvalue weighted by molar-refractivity contribution is -0.113. The van der Waals surface area contributed by atoms with E-state index >= 15 is 0 Å². The van der Waals surface area contributed by atoms with Gasteiger partial charge in [-0.15, -0.1) is 10.2 Å². The molecule has 0 atom stereocenters. The van der Waals surface area contributed by atoms with Gasteiger partial charge in [0.15, 0.2) is 11.0 Å². The Morgan fingerprint density at radius 2 is 1.73 bits per heavy atom. The number of rotatable bonds is 8. The number of nitrogens with one attached hydrogen (secondary N) is 1. The molecule has 0 fully saturated rings. The average Bonchev–Trinajstić information content (AvgIpc) is 3.23. The van der Waals surface area contributed by atoms with E-state index in [0.29, 0.717) is 23.1 Å². The number of aromatic nitrogens is 3. The van der Waals surface area contributed by atoms with Crippen LogP contribution in [0.5, 0.6) is 5.75 Å². The van der Waals surface area contributed by atoms with Crippen molar-refractivity contribution in [3.8, 4) is 17.1 Å². The molecule has 168 valence electrons. The maximum atomic E-state index is 12.6. The summed E-state index contributed by atoms with van der Waals surface area (Å²) in [6.07, 6.45) is 0.779. The second-order valence-electron chi connectivity index (χ2n) is 7.79. The number of carbonyl (C=O) groups is 1. The average molecular weight is 459 g/mol. The third-order valence-electron chi connectivity index (χ3n) is 5.54. The maximum absolute atomic E-state index is 12.6. The molecule has 6 nitrogen and oxygen atoms in total. The highest BCUT2D eigenvalue weighted by atomic mass is 32.2. The number of amides is 1. The highest BCUT2D eigenvalue weighted by molar-refractivity contribution is 7.99. The van der Waals surface area contributed by atoms with E-state index in [1.807, 2.05) is 66.9 Å². The molecule has 0 unspecified atom stereocenters. The minimum atomic E-state index is -0.101. The molecule has 0 bridgehead atoms. The van der Waals surface area contributed by atoms with Gasteiger partial charge in [-0.1, -0.05) is 66.4 Å². The van der Waals surface area contributed by atoms with E-state index in [-0.39, 0.29) is 17.4 Å². The molecule has 0 aliphatic heterocycles. The molecule has 1 amide bonds. The van der Waals surface area contributed by atoms with Crippen molar-refractivity contribution in [2.45, 2.75) is 32.0 Å². The fraction of sp³-hybridized carbons (Fsp3) is 0.192. The summed E-state index contributed by atoms with van der Waals surface area (Å²) in [5, 5.41) is 22.7. The molecule has 7 heteroatoms. The second-order valence-corrected chi connectivity index (χ2v) is 8.74. The smallest absolute Gasteiger partial charge is 0.234 e. The zero-order valence-electron chi connectivity index (χ0n) is 18.7. The van der Waals surface area contributed by atoms with E-state index in [0.717, 1.165) is 23.2 Å². The number of carbonyl (C=O) groups excluding carboxylic acids is 1. The molecular weight excluding hydrogens is 432 g/mol. The maximum Gasteiger partial charge on any atom is 0.234 e. The van der Waals surface area contributed by atoms with Gasteiger partial charge >= 0.3 is 0 Å². The SMILES string of the molecule is Cc1cccc(NC(=O)CSc2nnc(-c3ccccc3O)n2CCc2ccccc2)c1C. The number of anilines is 1. The van der Waals surface area contributed by atoms with Gasteiger partial charge in [0.05, 0.1) is 11.3 Å². The monoisotopic (exact) mass is 458 g/mol. The molecule has 2 N–H and O–H groups in total. The van der Waals surface area contributed by atoms with Crippen LogP contribution in [0.15, 0.2) is 78.0 Å². The van der Waals surface area contributed by atoms with Crippen LogP contribution in [-0.4, -0.2) is 31.5 Å². The molecule has 1 heterocycles. The van der Waals surface area contributed by atoms with E-state index in [4.69, 9.17) is 0 Å². The number of para-hydroxylation sites is 1. The third-order valence-corrected chi connectivity index (χ3v) is 6.51. The van der Waals surface area contributed by atoms with Crippen LogP contribution in [0.3, 0.4) is 0 Å². The Morgan fingerprint density at radius 3 is 2.52 bits per heavy atom. The molecule has 0 spiro atoms. The predicted octanol–water partition coefficient (Wildman–Crippen LogP) is 5.24. The standard InChI is InChI=1S/C26H26N4O2S/c1-18-9-8-13-22(19(18)2)27-24(32)17-33-26-29-28-25(21-12-6-7-14-23(21)31)30(26)16-15-20-10-4-3-5-11-20/h3-14,31H,15-17H2,1-2H3,(H,27,32). The Hall–Kier alpha value is -3.58. The van der Waals surface area contributed by atoms with E-state index in [9.17, 15) is 9.90 Å². The van der Waals surface area contributed by atoms with Crippen molar-refractivity contribution in [3.05, 3.63) is 89.5 Å². The highest BCUT2D eigenvalue weighted by Crippen LogP contribution is 2.30. The van der Waals surface area contributed by atoms with Gasteiger partial charge in [0.25, 0.3) is 0 Å². The lowest BCUT2D eigenvalue weighted by Crippen LogP contribution is -2.16. The topological polar surface area (TPSA) is 80.0 Å². The van der Waals surface area contributed by atoms with Crippen LogP contribution in [0.2, 0.25) is 0 Å². The van der Waals surface area contributed by atoms with Gasteiger partial charge in [-0.3, -0.25) is 4.79 Å². The fourth-order valence-electron chi connectivity index (χ4n) is 3.55. The molecule has 4 rings (SSSR count). The lowest BCUT2D eigenvalue weighted by Gasteiger charge is -2.12. The first-order valence-corrected chi connectivity index (χ1v) is 11.8. The van der Waals surface area contributed by atoms with Crippen LogP contribution < -0.4 is 5.32 Å². The van der Waals surface area contributed by atoms with Gasteiger partial charge in [-0.2, -0.15) is 0 Å². The number of phenolic OH excluding ortho intramolecular Hbond substituents is 1. The van der Waals surface area contributed by atoms with Crippen molar-refractivity contribution in [3.63, 3.8) is 0 Å². The van der Waals surface area contributed by atoms with Crippen molar-refractivity contribution >= 4 is 23.4 Å². The first-order chi connectivity index (χ1) is 16.0. The van der Waals surface area contributed by atoms with Crippen LogP contribution in [0.25, 0.3) is 11.4 Å². The van der Waals surface area contributed by atoms with E-state index in [2.05, 4.69) is 27.6 Å². The quantitative estimate of drug-likeness (QED) is 0.353. The van der Waals surface area contributed by atoms with Crippen molar-refractivity contribution in [2.24, 2.45) is 0 Å². The number of hydrogen-bond acceptors (Lipinski definition) is 5. The van der Waals surface area contributed by atoms with Crippen LogP contribution in [0.4, 0.5) is 5.69 Å². The Bertz CT molecular complexity index is 1250. The van der Waals surface area contributed by atoms with Gasteiger partial charge < -0.3 is 15.0 Å². The van der Waals surface area contributed by atoms with Gasteiger partial charge in [0.1, 0.15) is 5.75 Å². The number of phenols is 1. The van der Waals surface area contributed by atoms with Gasteiger partial charge in [0.2, 0.25) is 5.91 Å². The summed E-state index contributed by atoms with van der Waals surface area (Å²) in [6, 6.07) is 23.1. The molecule has 3 aromatic carbocycles.